The quantitative estimate of drug-likeness (QED) is 0.805. The normalized spacial score (nSPS) is 9.75. The molecule has 80 valence electrons. The third kappa shape index (κ3) is 2.33. The average molecular weight is 215 g/mol. The summed E-state index contributed by atoms with van der Waals surface area (Å²) < 4.78 is 0. The highest BCUT2D eigenvalue weighted by Gasteiger charge is 2.02. The van der Waals surface area contributed by atoms with Gasteiger partial charge >= 0.3 is 6.09 Å². The van der Waals surface area contributed by atoms with Crippen LogP contribution in [0.5, 0.6) is 0 Å². The van der Waals surface area contributed by atoms with Crippen molar-refractivity contribution in [2.24, 2.45) is 0 Å². The van der Waals surface area contributed by atoms with Crippen LogP contribution in [0.1, 0.15) is 0 Å². The van der Waals surface area contributed by atoms with E-state index in [0.717, 1.165) is 5.56 Å². The molecule has 0 aliphatic heterocycles. The first-order valence-electron chi connectivity index (χ1n) is 4.62. The first kappa shape index (κ1) is 10.1. The Morgan fingerprint density at radius 1 is 1.19 bits per heavy atom. The van der Waals surface area contributed by atoms with Gasteiger partial charge in [-0.05, 0) is 24.3 Å². The summed E-state index contributed by atoms with van der Waals surface area (Å²) in [4.78, 5) is 18.5. The highest BCUT2D eigenvalue weighted by Crippen LogP contribution is 2.18. The molecule has 1 amide bonds. The molecule has 5 nitrogen and oxygen atoms in total. The van der Waals surface area contributed by atoms with E-state index in [4.69, 9.17) is 5.11 Å². The van der Waals surface area contributed by atoms with Crippen LogP contribution in [0.3, 0.4) is 0 Å². The molecule has 2 heterocycles. The minimum absolute atomic E-state index is 0.495. The molecule has 0 aliphatic carbocycles. The third-order valence-electron chi connectivity index (χ3n) is 1.99. The van der Waals surface area contributed by atoms with Crippen LogP contribution >= 0.6 is 0 Å². The molecule has 0 spiro atoms. The van der Waals surface area contributed by atoms with Gasteiger partial charge in [0.05, 0.1) is 5.69 Å². The largest absolute Gasteiger partial charge is 0.465 e. The standard InChI is InChI=1S/C11H9N3O2/c15-11(16)14-9-3-6-13-10(7-9)8-1-4-12-5-2-8/h1-7H,(H,13,14)(H,15,16). The molecule has 0 unspecified atom stereocenters. The van der Waals surface area contributed by atoms with Crippen LogP contribution in [0, 0.1) is 0 Å². The first-order valence-corrected chi connectivity index (χ1v) is 4.62. The number of amides is 1. The molecule has 5 heteroatoms. The summed E-state index contributed by atoms with van der Waals surface area (Å²) in [7, 11) is 0. The van der Waals surface area contributed by atoms with Crippen molar-refractivity contribution in [3.63, 3.8) is 0 Å². The van der Waals surface area contributed by atoms with Gasteiger partial charge in [0, 0.05) is 29.8 Å². The van der Waals surface area contributed by atoms with Crippen LogP contribution < -0.4 is 5.32 Å². The zero-order valence-corrected chi connectivity index (χ0v) is 8.29. The van der Waals surface area contributed by atoms with E-state index in [1.165, 1.54) is 0 Å². The fourth-order valence-corrected chi connectivity index (χ4v) is 1.31. The van der Waals surface area contributed by atoms with Crippen LogP contribution in [-0.2, 0) is 0 Å². The molecule has 0 saturated heterocycles. The third-order valence-corrected chi connectivity index (χ3v) is 1.99. The van der Waals surface area contributed by atoms with E-state index in [1.807, 2.05) is 12.1 Å². The van der Waals surface area contributed by atoms with E-state index in [1.54, 1.807) is 30.7 Å². The first-order chi connectivity index (χ1) is 7.75. The lowest BCUT2D eigenvalue weighted by molar-refractivity contribution is 0.210. The van der Waals surface area contributed by atoms with Crippen molar-refractivity contribution in [2.45, 2.75) is 0 Å². The maximum absolute atomic E-state index is 10.5. The van der Waals surface area contributed by atoms with Crippen molar-refractivity contribution in [3.05, 3.63) is 42.9 Å². The molecule has 0 bridgehead atoms. The fraction of sp³-hybridized carbons (Fsp3) is 0. The maximum Gasteiger partial charge on any atom is 0.409 e. The van der Waals surface area contributed by atoms with Gasteiger partial charge in [0.25, 0.3) is 0 Å². The van der Waals surface area contributed by atoms with Gasteiger partial charge in [-0.25, -0.2) is 4.79 Å². The molecule has 0 atom stereocenters. The molecule has 2 rings (SSSR count). The van der Waals surface area contributed by atoms with E-state index >= 15 is 0 Å². The van der Waals surface area contributed by atoms with Gasteiger partial charge in [0.1, 0.15) is 0 Å². The number of rotatable bonds is 2. The Labute approximate surface area is 91.8 Å². The summed E-state index contributed by atoms with van der Waals surface area (Å²) in [6.07, 6.45) is 3.79. The number of anilines is 1. The van der Waals surface area contributed by atoms with Crippen LogP contribution in [0.15, 0.2) is 42.9 Å². The Kier molecular flexibility index (Phi) is 2.77. The Bertz CT molecular complexity index is 500. The monoisotopic (exact) mass is 215 g/mol. The van der Waals surface area contributed by atoms with E-state index in [-0.39, 0.29) is 0 Å². The number of carboxylic acid groups (broad SMARTS) is 1. The molecule has 0 saturated carbocycles. The second-order valence-electron chi connectivity index (χ2n) is 3.10. The fourth-order valence-electron chi connectivity index (χ4n) is 1.31. The molecular weight excluding hydrogens is 206 g/mol. The van der Waals surface area contributed by atoms with Crippen molar-refractivity contribution in [1.82, 2.24) is 9.97 Å². The van der Waals surface area contributed by atoms with Gasteiger partial charge in [-0.2, -0.15) is 0 Å². The SMILES string of the molecule is O=C(O)Nc1ccnc(-c2ccncc2)c1. The van der Waals surface area contributed by atoms with Crippen LogP contribution in [0.4, 0.5) is 10.5 Å². The summed E-state index contributed by atoms with van der Waals surface area (Å²) in [6, 6.07) is 6.89. The van der Waals surface area contributed by atoms with E-state index in [9.17, 15) is 4.79 Å². The highest BCUT2D eigenvalue weighted by molar-refractivity contribution is 5.83. The number of nitrogens with one attached hydrogen (secondary N) is 1. The van der Waals surface area contributed by atoms with Crippen molar-refractivity contribution in [2.75, 3.05) is 5.32 Å². The molecule has 16 heavy (non-hydrogen) atoms. The molecular formula is C11H9N3O2. The molecule has 0 aromatic carbocycles. The summed E-state index contributed by atoms with van der Waals surface area (Å²) >= 11 is 0. The van der Waals surface area contributed by atoms with Crippen molar-refractivity contribution in [1.29, 1.82) is 0 Å². The summed E-state index contributed by atoms with van der Waals surface area (Å²) in [5.41, 5.74) is 2.09. The Balaban J connectivity index is 2.33. The van der Waals surface area contributed by atoms with Gasteiger partial charge in [-0.3, -0.25) is 15.3 Å². The van der Waals surface area contributed by atoms with Crippen molar-refractivity contribution >= 4 is 11.8 Å². The number of pyridine rings is 2. The lowest BCUT2D eigenvalue weighted by Crippen LogP contribution is -2.07. The number of hydrogen-bond acceptors (Lipinski definition) is 3. The van der Waals surface area contributed by atoms with Gasteiger partial charge in [-0.1, -0.05) is 0 Å². The van der Waals surface area contributed by atoms with Crippen molar-refractivity contribution < 1.29 is 9.90 Å². The summed E-state index contributed by atoms with van der Waals surface area (Å²) in [6.45, 7) is 0. The van der Waals surface area contributed by atoms with Crippen molar-refractivity contribution in [3.8, 4) is 11.3 Å². The topological polar surface area (TPSA) is 75.1 Å². The molecule has 2 N–H and O–H groups in total. The number of nitrogens with zero attached hydrogens (tertiary/aromatic N) is 2. The average Bonchev–Trinajstić information content (AvgIpc) is 2.30. The van der Waals surface area contributed by atoms with Gasteiger partial charge < -0.3 is 5.11 Å². The number of hydrogen-bond donors (Lipinski definition) is 2. The Hall–Kier alpha value is -2.43. The second kappa shape index (κ2) is 4.39. The molecule has 0 radical (unpaired) electrons. The van der Waals surface area contributed by atoms with Crippen LogP contribution in [0.25, 0.3) is 11.3 Å². The zero-order valence-electron chi connectivity index (χ0n) is 8.29. The highest BCUT2D eigenvalue weighted by atomic mass is 16.4. The second-order valence-corrected chi connectivity index (χ2v) is 3.10. The van der Waals surface area contributed by atoms with Gasteiger partial charge in [0.15, 0.2) is 0 Å². The lowest BCUT2D eigenvalue weighted by atomic mass is 10.2. The van der Waals surface area contributed by atoms with Crippen LogP contribution in [0.2, 0.25) is 0 Å². The zero-order chi connectivity index (χ0) is 11.4. The Morgan fingerprint density at radius 2 is 1.94 bits per heavy atom. The molecule has 0 aliphatic rings. The lowest BCUT2D eigenvalue weighted by Gasteiger charge is -2.03. The molecule has 0 fully saturated rings. The van der Waals surface area contributed by atoms with Crippen LogP contribution in [-0.4, -0.2) is 21.2 Å². The van der Waals surface area contributed by atoms with Gasteiger partial charge in [-0.15, -0.1) is 0 Å². The van der Waals surface area contributed by atoms with E-state index < -0.39 is 6.09 Å². The number of carbonyl (C=O) groups is 1. The molecule has 2 aromatic heterocycles. The minimum Gasteiger partial charge on any atom is -0.465 e. The maximum atomic E-state index is 10.5. The Morgan fingerprint density at radius 3 is 2.62 bits per heavy atom. The predicted molar refractivity (Wildman–Crippen MR) is 59.1 cm³/mol. The number of aromatic nitrogens is 2. The predicted octanol–water partition coefficient (Wildman–Crippen LogP) is 2.23. The van der Waals surface area contributed by atoms with Gasteiger partial charge in [0.2, 0.25) is 0 Å². The van der Waals surface area contributed by atoms with E-state index in [2.05, 4.69) is 15.3 Å². The minimum atomic E-state index is -1.09. The molecule has 2 aromatic rings. The van der Waals surface area contributed by atoms with E-state index in [0.29, 0.717) is 11.4 Å². The summed E-state index contributed by atoms with van der Waals surface area (Å²) in [5, 5.41) is 10.9. The summed E-state index contributed by atoms with van der Waals surface area (Å²) in [5.74, 6) is 0. The smallest absolute Gasteiger partial charge is 0.409 e.